The maximum Gasteiger partial charge on any atom is 0.132 e. The van der Waals surface area contributed by atoms with Crippen molar-refractivity contribution in [2.75, 3.05) is 0 Å². The molecule has 2 rings (SSSR count). The van der Waals surface area contributed by atoms with Gasteiger partial charge in [0, 0.05) is 17.7 Å². The average Bonchev–Trinajstić information content (AvgIpc) is 2.40. The van der Waals surface area contributed by atoms with E-state index in [4.69, 9.17) is 10.5 Å². The summed E-state index contributed by atoms with van der Waals surface area (Å²) >= 11 is 0. The van der Waals surface area contributed by atoms with E-state index in [0.29, 0.717) is 12.3 Å². The lowest BCUT2D eigenvalue weighted by Gasteiger charge is -2.13. The van der Waals surface area contributed by atoms with Gasteiger partial charge in [-0.1, -0.05) is 30.3 Å². The van der Waals surface area contributed by atoms with E-state index in [2.05, 4.69) is 0 Å². The molecule has 0 spiro atoms. The third-order valence-corrected chi connectivity index (χ3v) is 2.81. The smallest absolute Gasteiger partial charge is 0.132 e. The number of nitrogens with two attached hydrogens (primary N) is 1. The van der Waals surface area contributed by atoms with Crippen LogP contribution in [-0.2, 0) is 13.2 Å². The Morgan fingerprint density at radius 2 is 1.83 bits per heavy atom. The lowest BCUT2D eigenvalue weighted by atomic mass is 10.1. The quantitative estimate of drug-likeness (QED) is 0.868. The number of para-hydroxylation sites is 1. The second-order valence-electron chi connectivity index (χ2n) is 4.18. The molecular weight excluding hydrogens is 226 g/mol. The van der Waals surface area contributed by atoms with Crippen molar-refractivity contribution in [2.24, 2.45) is 5.73 Å². The maximum atomic E-state index is 9.27. The fraction of sp³-hybridized carbons (Fsp3) is 0.200. The van der Waals surface area contributed by atoms with Crippen LogP contribution in [-0.4, -0.2) is 5.11 Å². The molecular formula is C15H17NO2. The number of rotatable bonds is 4. The molecule has 3 heteroatoms. The van der Waals surface area contributed by atoms with Crippen LogP contribution in [0.15, 0.2) is 42.5 Å². The molecule has 0 radical (unpaired) electrons. The number of aryl methyl sites for hydroxylation is 1. The number of ether oxygens (including phenoxy) is 1. The zero-order valence-electron chi connectivity index (χ0n) is 10.4. The average molecular weight is 243 g/mol. The lowest BCUT2D eigenvalue weighted by molar-refractivity contribution is 0.276. The SMILES string of the molecule is Cc1ccc(CN)c(Oc2ccccc2CO)c1. The standard InChI is InChI=1S/C15H17NO2/c1-11-6-7-12(9-16)15(8-11)18-14-5-3-2-4-13(14)10-17/h2-8,17H,9-10,16H2,1H3. The van der Waals surface area contributed by atoms with Gasteiger partial charge in [-0.2, -0.15) is 0 Å². The molecule has 2 aromatic carbocycles. The molecule has 3 nitrogen and oxygen atoms in total. The Morgan fingerprint density at radius 3 is 2.56 bits per heavy atom. The zero-order chi connectivity index (χ0) is 13.0. The van der Waals surface area contributed by atoms with Crippen molar-refractivity contribution in [1.82, 2.24) is 0 Å². The summed E-state index contributed by atoms with van der Waals surface area (Å²) in [5, 5.41) is 9.27. The third kappa shape index (κ3) is 2.70. The summed E-state index contributed by atoms with van der Waals surface area (Å²) in [4.78, 5) is 0. The highest BCUT2D eigenvalue weighted by molar-refractivity contribution is 5.42. The van der Waals surface area contributed by atoms with Crippen molar-refractivity contribution in [2.45, 2.75) is 20.1 Å². The largest absolute Gasteiger partial charge is 0.457 e. The van der Waals surface area contributed by atoms with E-state index in [1.54, 1.807) is 0 Å². The summed E-state index contributed by atoms with van der Waals surface area (Å²) in [5.41, 5.74) is 8.53. The van der Waals surface area contributed by atoms with Gasteiger partial charge in [0.2, 0.25) is 0 Å². The highest BCUT2D eigenvalue weighted by Crippen LogP contribution is 2.28. The van der Waals surface area contributed by atoms with Gasteiger partial charge < -0.3 is 15.6 Å². The number of aliphatic hydroxyl groups excluding tert-OH is 1. The molecule has 94 valence electrons. The van der Waals surface area contributed by atoms with E-state index in [1.165, 1.54) is 0 Å². The molecule has 0 fully saturated rings. The van der Waals surface area contributed by atoms with E-state index in [1.807, 2.05) is 49.4 Å². The van der Waals surface area contributed by atoms with E-state index < -0.39 is 0 Å². The minimum absolute atomic E-state index is 0.0417. The van der Waals surface area contributed by atoms with E-state index >= 15 is 0 Å². The van der Waals surface area contributed by atoms with Crippen LogP contribution < -0.4 is 10.5 Å². The number of aliphatic hydroxyl groups is 1. The fourth-order valence-electron chi connectivity index (χ4n) is 1.78. The Balaban J connectivity index is 2.36. The predicted molar refractivity (Wildman–Crippen MR) is 71.5 cm³/mol. The molecule has 2 aromatic rings. The van der Waals surface area contributed by atoms with Crippen LogP contribution in [0.4, 0.5) is 0 Å². The van der Waals surface area contributed by atoms with Crippen molar-refractivity contribution in [3.8, 4) is 11.5 Å². The first-order valence-corrected chi connectivity index (χ1v) is 5.91. The van der Waals surface area contributed by atoms with Gasteiger partial charge in [-0.3, -0.25) is 0 Å². The molecule has 0 aromatic heterocycles. The molecule has 0 saturated heterocycles. The molecule has 0 aliphatic rings. The molecule has 0 saturated carbocycles. The molecule has 0 aliphatic heterocycles. The Kier molecular flexibility index (Phi) is 3.97. The van der Waals surface area contributed by atoms with Crippen LogP contribution in [0.1, 0.15) is 16.7 Å². The van der Waals surface area contributed by atoms with Gasteiger partial charge >= 0.3 is 0 Å². The van der Waals surface area contributed by atoms with Gasteiger partial charge in [0.25, 0.3) is 0 Å². The molecule has 3 N–H and O–H groups in total. The van der Waals surface area contributed by atoms with E-state index in [0.717, 1.165) is 22.4 Å². The fourth-order valence-corrected chi connectivity index (χ4v) is 1.78. The van der Waals surface area contributed by atoms with E-state index in [-0.39, 0.29) is 6.61 Å². The summed E-state index contributed by atoms with van der Waals surface area (Å²) in [6, 6.07) is 13.4. The molecule has 0 heterocycles. The van der Waals surface area contributed by atoms with Gasteiger partial charge in [0.15, 0.2) is 0 Å². The minimum atomic E-state index is -0.0417. The van der Waals surface area contributed by atoms with E-state index in [9.17, 15) is 5.11 Å². The van der Waals surface area contributed by atoms with Crippen LogP contribution in [0.25, 0.3) is 0 Å². The predicted octanol–water partition coefficient (Wildman–Crippen LogP) is 2.74. The highest BCUT2D eigenvalue weighted by Gasteiger charge is 2.07. The van der Waals surface area contributed by atoms with Gasteiger partial charge in [0.1, 0.15) is 11.5 Å². The van der Waals surface area contributed by atoms with Crippen molar-refractivity contribution in [1.29, 1.82) is 0 Å². The molecule has 0 bridgehead atoms. The molecule has 0 unspecified atom stereocenters. The van der Waals surface area contributed by atoms with Crippen LogP contribution >= 0.6 is 0 Å². The first-order chi connectivity index (χ1) is 8.74. The van der Waals surface area contributed by atoms with Crippen LogP contribution in [0.2, 0.25) is 0 Å². The lowest BCUT2D eigenvalue weighted by Crippen LogP contribution is -2.00. The monoisotopic (exact) mass is 243 g/mol. The normalized spacial score (nSPS) is 10.4. The van der Waals surface area contributed by atoms with Crippen LogP contribution in [0.5, 0.6) is 11.5 Å². The second-order valence-corrected chi connectivity index (χ2v) is 4.18. The third-order valence-electron chi connectivity index (χ3n) is 2.81. The van der Waals surface area contributed by atoms with Gasteiger partial charge in [0.05, 0.1) is 6.61 Å². The van der Waals surface area contributed by atoms with Crippen molar-refractivity contribution >= 4 is 0 Å². The Hall–Kier alpha value is -1.84. The Bertz CT molecular complexity index is 538. The summed E-state index contributed by atoms with van der Waals surface area (Å²) in [6.07, 6.45) is 0. The summed E-state index contributed by atoms with van der Waals surface area (Å²) in [7, 11) is 0. The second kappa shape index (κ2) is 5.67. The number of hydrogen-bond acceptors (Lipinski definition) is 3. The van der Waals surface area contributed by atoms with Crippen molar-refractivity contribution in [3.63, 3.8) is 0 Å². The topological polar surface area (TPSA) is 55.5 Å². The van der Waals surface area contributed by atoms with Crippen molar-refractivity contribution < 1.29 is 9.84 Å². The molecule has 0 atom stereocenters. The minimum Gasteiger partial charge on any atom is -0.457 e. The first-order valence-electron chi connectivity index (χ1n) is 5.91. The van der Waals surface area contributed by atoms with Gasteiger partial charge in [-0.25, -0.2) is 0 Å². The Labute approximate surface area is 107 Å². The van der Waals surface area contributed by atoms with Crippen LogP contribution in [0.3, 0.4) is 0 Å². The van der Waals surface area contributed by atoms with Gasteiger partial charge in [-0.15, -0.1) is 0 Å². The Morgan fingerprint density at radius 1 is 1.06 bits per heavy atom. The maximum absolute atomic E-state index is 9.27. The molecule has 18 heavy (non-hydrogen) atoms. The number of benzene rings is 2. The first kappa shape index (κ1) is 12.6. The summed E-state index contributed by atoms with van der Waals surface area (Å²) in [5.74, 6) is 1.42. The summed E-state index contributed by atoms with van der Waals surface area (Å²) < 4.78 is 5.86. The highest BCUT2D eigenvalue weighted by atomic mass is 16.5. The van der Waals surface area contributed by atoms with Crippen LogP contribution in [0, 0.1) is 6.92 Å². The molecule has 0 amide bonds. The summed E-state index contributed by atoms with van der Waals surface area (Å²) in [6.45, 7) is 2.39. The zero-order valence-corrected chi connectivity index (χ0v) is 10.4. The van der Waals surface area contributed by atoms with Gasteiger partial charge in [-0.05, 0) is 24.6 Å². The van der Waals surface area contributed by atoms with Crippen molar-refractivity contribution in [3.05, 3.63) is 59.2 Å². The number of hydrogen-bond donors (Lipinski definition) is 2. The molecule has 0 aliphatic carbocycles.